The van der Waals surface area contributed by atoms with Crippen molar-refractivity contribution in [1.29, 1.82) is 0 Å². The highest BCUT2D eigenvalue weighted by molar-refractivity contribution is 7.16. The van der Waals surface area contributed by atoms with E-state index in [1.54, 1.807) is 35.6 Å². The molecular weight excluding hydrogens is 384 g/mol. The number of nitrogens with one attached hydrogen (secondary N) is 2. The highest BCUT2D eigenvalue weighted by Gasteiger charge is 2.19. The summed E-state index contributed by atoms with van der Waals surface area (Å²) in [6, 6.07) is 11.1. The third-order valence-electron chi connectivity index (χ3n) is 4.33. The van der Waals surface area contributed by atoms with Gasteiger partial charge in [-0.3, -0.25) is 19.4 Å². The first-order valence-electron chi connectivity index (χ1n) is 8.84. The Morgan fingerprint density at radius 1 is 0.963 bits per heavy atom. The van der Waals surface area contributed by atoms with Crippen LogP contribution in [0.25, 0.3) is 0 Å². The number of anilines is 2. The maximum atomic E-state index is 12.3. The van der Waals surface area contributed by atoms with Gasteiger partial charge in [-0.15, -0.1) is 11.3 Å². The molecule has 0 saturated carbocycles. The quantitative estimate of drug-likeness (QED) is 0.773. The first-order valence-corrected chi connectivity index (χ1v) is 10.0. The maximum absolute atomic E-state index is 12.3. The van der Waals surface area contributed by atoms with Crippen LogP contribution in [0.4, 0.5) is 11.4 Å². The number of thiophene rings is 1. The third-order valence-corrected chi connectivity index (χ3v) is 5.55. The van der Waals surface area contributed by atoms with Crippen molar-refractivity contribution >= 4 is 46.1 Å². The molecule has 0 aliphatic carbocycles. The molecule has 6 nitrogen and oxygen atoms in total. The Morgan fingerprint density at radius 2 is 1.56 bits per heavy atom. The first-order chi connectivity index (χ1) is 13.0. The monoisotopic (exact) mass is 406 g/mol. The summed E-state index contributed by atoms with van der Waals surface area (Å²) in [5.74, 6) is -0.145. The molecule has 1 aromatic carbocycles. The molecule has 0 atom stereocenters. The Kier molecular flexibility index (Phi) is 6.84. The van der Waals surface area contributed by atoms with Crippen LogP contribution in [0.1, 0.15) is 11.8 Å². The molecule has 3 rings (SSSR count). The fraction of sp³-hybridized carbons (Fsp3) is 0.368. The molecule has 1 aromatic heterocycles. The second-order valence-electron chi connectivity index (χ2n) is 6.56. The molecule has 27 heavy (non-hydrogen) atoms. The summed E-state index contributed by atoms with van der Waals surface area (Å²) < 4.78 is 0.824. The third kappa shape index (κ3) is 6.32. The highest BCUT2D eigenvalue weighted by Crippen LogP contribution is 2.23. The zero-order valence-corrected chi connectivity index (χ0v) is 16.8. The van der Waals surface area contributed by atoms with Gasteiger partial charge in [-0.05, 0) is 36.4 Å². The molecular formula is C19H23ClN4O2S. The van der Waals surface area contributed by atoms with Gasteiger partial charge in [0.2, 0.25) is 11.8 Å². The van der Waals surface area contributed by atoms with Crippen LogP contribution in [0, 0.1) is 0 Å². The Morgan fingerprint density at radius 3 is 2.11 bits per heavy atom. The van der Waals surface area contributed by atoms with Crippen molar-refractivity contribution in [1.82, 2.24) is 9.80 Å². The number of carbonyl (C=O) groups is 2. The second-order valence-corrected chi connectivity index (χ2v) is 8.36. The van der Waals surface area contributed by atoms with Crippen LogP contribution in [0.5, 0.6) is 0 Å². The van der Waals surface area contributed by atoms with Gasteiger partial charge in [0.25, 0.3) is 0 Å². The van der Waals surface area contributed by atoms with E-state index in [-0.39, 0.29) is 11.8 Å². The summed E-state index contributed by atoms with van der Waals surface area (Å²) in [5, 5.41) is 5.61. The van der Waals surface area contributed by atoms with Crippen LogP contribution in [0.2, 0.25) is 4.34 Å². The van der Waals surface area contributed by atoms with Crippen LogP contribution in [0.15, 0.2) is 36.4 Å². The average Bonchev–Trinajstić information content (AvgIpc) is 3.03. The normalized spacial score (nSPS) is 15.5. The van der Waals surface area contributed by atoms with E-state index in [0.29, 0.717) is 12.2 Å². The molecule has 0 unspecified atom stereocenters. The number of hydrogen-bond donors (Lipinski definition) is 2. The molecule has 1 saturated heterocycles. The van der Waals surface area contributed by atoms with Gasteiger partial charge >= 0.3 is 0 Å². The fourth-order valence-electron chi connectivity index (χ4n) is 3.01. The van der Waals surface area contributed by atoms with E-state index in [1.807, 2.05) is 6.07 Å². The number of benzene rings is 1. The average molecular weight is 407 g/mol. The summed E-state index contributed by atoms with van der Waals surface area (Å²) in [7, 11) is 0. The zero-order chi connectivity index (χ0) is 19.2. The number of nitrogens with zero attached hydrogens (tertiary/aromatic N) is 2. The summed E-state index contributed by atoms with van der Waals surface area (Å²) in [6.45, 7) is 6.37. The van der Waals surface area contributed by atoms with Crippen molar-refractivity contribution in [3.8, 4) is 0 Å². The number of rotatable bonds is 6. The lowest BCUT2D eigenvalue weighted by Crippen LogP contribution is -2.48. The summed E-state index contributed by atoms with van der Waals surface area (Å²) in [4.78, 5) is 29.1. The lowest BCUT2D eigenvalue weighted by Gasteiger charge is -2.34. The van der Waals surface area contributed by atoms with Crippen LogP contribution >= 0.6 is 22.9 Å². The molecule has 1 aliphatic heterocycles. The number of hydrogen-bond acceptors (Lipinski definition) is 5. The molecule has 8 heteroatoms. The predicted octanol–water partition coefficient (Wildman–Crippen LogP) is 3.12. The van der Waals surface area contributed by atoms with Crippen LogP contribution < -0.4 is 10.6 Å². The molecule has 2 heterocycles. The smallest absolute Gasteiger partial charge is 0.238 e. The largest absolute Gasteiger partial charge is 0.326 e. The van der Waals surface area contributed by atoms with Gasteiger partial charge in [0.15, 0.2) is 0 Å². The Labute approximate surface area is 168 Å². The molecule has 0 bridgehead atoms. The summed E-state index contributed by atoms with van der Waals surface area (Å²) in [6.07, 6.45) is 0. The van der Waals surface area contributed by atoms with Crippen molar-refractivity contribution in [2.75, 3.05) is 43.4 Å². The van der Waals surface area contributed by atoms with E-state index >= 15 is 0 Å². The minimum Gasteiger partial charge on any atom is -0.326 e. The van der Waals surface area contributed by atoms with E-state index < -0.39 is 0 Å². The van der Waals surface area contributed by atoms with E-state index in [2.05, 4.69) is 26.5 Å². The maximum Gasteiger partial charge on any atom is 0.238 e. The van der Waals surface area contributed by atoms with Crippen molar-refractivity contribution in [3.05, 3.63) is 45.6 Å². The van der Waals surface area contributed by atoms with Crippen LogP contribution in [-0.2, 0) is 16.1 Å². The summed E-state index contributed by atoms with van der Waals surface area (Å²) >= 11 is 7.61. The predicted molar refractivity (Wildman–Crippen MR) is 110 cm³/mol. The minimum atomic E-state index is -0.117. The lowest BCUT2D eigenvalue weighted by atomic mass is 10.2. The molecule has 2 aromatic rings. The molecule has 1 fully saturated rings. The number of halogens is 1. The van der Waals surface area contributed by atoms with Crippen molar-refractivity contribution in [2.24, 2.45) is 0 Å². The Hall–Kier alpha value is -1.93. The number of amides is 2. The Bertz CT molecular complexity index is 785. The van der Waals surface area contributed by atoms with Gasteiger partial charge in [-0.25, -0.2) is 0 Å². The minimum absolute atomic E-state index is 0.0271. The fourth-order valence-corrected chi connectivity index (χ4v) is 4.14. The molecule has 0 spiro atoms. The number of piperazine rings is 1. The molecule has 1 aliphatic rings. The van der Waals surface area contributed by atoms with Gasteiger partial charge in [-0.2, -0.15) is 0 Å². The number of carbonyl (C=O) groups excluding carboxylic acids is 2. The van der Waals surface area contributed by atoms with E-state index in [0.717, 1.165) is 42.7 Å². The molecule has 2 amide bonds. The highest BCUT2D eigenvalue weighted by atomic mass is 35.5. The second kappa shape index (κ2) is 9.32. The zero-order valence-electron chi connectivity index (χ0n) is 15.2. The lowest BCUT2D eigenvalue weighted by molar-refractivity contribution is -0.117. The molecule has 0 radical (unpaired) electrons. The van der Waals surface area contributed by atoms with Gasteiger partial charge in [-0.1, -0.05) is 11.6 Å². The van der Waals surface area contributed by atoms with E-state index in [1.165, 1.54) is 11.8 Å². The Balaban J connectivity index is 1.40. The van der Waals surface area contributed by atoms with Gasteiger partial charge in [0.1, 0.15) is 0 Å². The van der Waals surface area contributed by atoms with Crippen LogP contribution in [0.3, 0.4) is 0 Å². The molecule has 2 N–H and O–H groups in total. The van der Waals surface area contributed by atoms with E-state index in [9.17, 15) is 9.59 Å². The SMILES string of the molecule is CC(=O)Nc1ccc(NC(=O)CN2CCN(Cc3ccc(Cl)s3)CC2)cc1. The van der Waals surface area contributed by atoms with Gasteiger partial charge < -0.3 is 10.6 Å². The van der Waals surface area contributed by atoms with E-state index in [4.69, 9.17) is 11.6 Å². The first kappa shape index (κ1) is 19.8. The standard InChI is InChI=1S/C19H23ClN4O2S/c1-14(25)21-15-2-4-16(5-3-15)22-19(26)13-24-10-8-23(9-11-24)12-17-6-7-18(20)27-17/h2-7H,8-13H2,1H3,(H,21,25)(H,22,26). The topological polar surface area (TPSA) is 64.7 Å². The van der Waals surface area contributed by atoms with Crippen molar-refractivity contribution < 1.29 is 9.59 Å². The molecule has 144 valence electrons. The van der Waals surface area contributed by atoms with Crippen molar-refractivity contribution in [2.45, 2.75) is 13.5 Å². The van der Waals surface area contributed by atoms with Gasteiger partial charge in [0, 0.05) is 55.9 Å². The van der Waals surface area contributed by atoms with Crippen LogP contribution in [-0.4, -0.2) is 54.3 Å². The van der Waals surface area contributed by atoms with Crippen molar-refractivity contribution in [3.63, 3.8) is 0 Å². The summed E-state index contributed by atoms with van der Waals surface area (Å²) in [5.41, 5.74) is 1.44. The van der Waals surface area contributed by atoms with Gasteiger partial charge in [0.05, 0.1) is 10.9 Å².